The van der Waals surface area contributed by atoms with E-state index in [4.69, 9.17) is 26.4 Å². The lowest BCUT2D eigenvalue weighted by molar-refractivity contribution is -0.0472. The van der Waals surface area contributed by atoms with Crippen molar-refractivity contribution in [2.45, 2.75) is 26.1 Å². The van der Waals surface area contributed by atoms with Crippen molar-refractivity contribution in [3.63, 3.8) is 0 Å². The van der Waals surface area contributed by atoms with E-state index in [2.05, 4.69) is 18.7 Å². The molecule has 2 unspecified atom stereocenters. The van der Waals surface area contributed by atoms with Crippen molar-refractivity contribution in [2.75, 3.05) is 27.3 Å². The third kappa shape index (κ3) is 3.22. The highest BCUT2D eigenvalue weighted by Gasteiger charge is 2.25. The fraction of sp³-hybridized carbons (Fsp3) is 0.533. The Balaban J connectivity index is 2.24. The fourth-order valence-corrected chi connectivity index (χ4v) is 2.81. The molecule has 1 heterocycles. The number of morpholine rings is 1. The van der Waals surface area contributed by atoms with Gasteiger partial charge in [0.05, 0.1) is 32.0 Å². The molecule has 0 aromatic heterocycles. The lowest BCUT2D eigenvalue weighted by Gasteiger charge is -2.37. The van der Waals surface area contributed by atoms with Crippen molar-refractivity contribution in [3.8, 4) is 11.5 Å². The number of hydrogen-bond donors (Lipinski definition) is 0. The van der Waals surface area contributed by atoms with Crippen LogP contribution in [0.1, 0.15) is 19.4 Å². The maximum Gasteiger partial charge on any atom is 0.132 e. The highest BCUT2D eigenvalue weighted by atomic mass is 32.1. The van der Waals surface area contributed by atoms with Crippen molar-refractivity contribution < 1.29 is 14.2 Å². The number of rotatable bonds is 3. The average molecular weight is 295 g/mol. The average Bonchev–Trinajstić information content (AvgIpc) is 2.44. The van der Waals surface area contributed by atoms with E-state index in [0.29, 0.717) is 0 Å². The molecule has 0 aliphatic carbocycles. The van der Waals surface area contributed by atoms with E-state index in [-0.39, 0.29) is 12.2 Å². The van der Waals surface area contributed by atoms with Crippen molar-refractivity contribution in [2.24, 2.45) is 0 Å². The van der Waals surface area contributed by atoms with Gasteiger partial charge >= 0.3 is 0 Å². The second-order valence-electron chi connectivity index (χ2n) is 5.03. The second kappa shape index (κ2) is 6.41. The molecule has 0 saturated carbocycles. The van der Waals surface area contributed by atoms with Gasteiger partial charge in [0.2, 0.25) is 0 Å². The largest absolute Gasteiger partial charge is 0.497 e. The molecule has 0 radical (unpaired) electrons. The van der Waals surface area contributed by atoms with Gasteiger partial charge in [-0.3, -0.25) is 0 Å². The van der Waals surface area contributed by atoms with Gasteiger partial charge in [-0.1, -0.05) is 12.2 Å². The van der Waals surface area contributed by atoms with Crippen molar-refractivity contribution in [1.82, 2.24) is 4.90 Å². The van der Waals surface area contributed by atoms with Gasteiger partial charge in [0.1, 0.15) is 16.5 Å². The zero-order chi connectivity index (χ0) is 14.7. The molecule has 1 aromatic rings. The minimum atomic E-state index is 0.181. The zero-order valence-electron chi connectivity index (χ0n) is 12.4. The van der Waals surface area contributed by atoms with Crippen molar-refractivity contribution >= 4 is 17.2 Å². The Kier molecular flexibility index (Phi) is 4.83. The number of thiocarbonyl (C=S) groups is 1. The number of benzene rings is 1. The third-order valence-electron chi connectivity index (χ3n) is 3.35. The van der Waals surface area contributed by atoms with Crippen LogP contribution in [0.2, 0.25) is 0 Å². The number of hydrogen-bond acceptors (Lipinski definition) is 4. The highest BCUT2D eigenvalue weighted by Crippen LogP contribution is 2.27. The Bertz CT molecular complexity index is 482. The Morgan fingerprint density at radius 2 is 1.85 bits per heavy atom. The predicted octanol–water partition coefficient (Wildman–Crippen LogP) is 2.49. The molecule has 4 nitrogen and oxygen atoms in total. The molecule has 1 aromatic carbocycles. The first kappa shape index (κ1) is 15.1. The summed E-state index contributed by atoms with van der Waals surface area (Å²) in [5.41, 5.74) is 0.921. The van der Waals surface area contributed by atoms with Crippen LogP contribution < -0.4 is 9.47 Å². The molecule has 5 heteroatoms. The first-order valence-corrected chi connectivity index (χ1v) is 7.12. The van der Waals surface area contributed by atoms with E-state index in [1.165, 1.54) is 0 Å². The topological polar surface area (TPSA) is 30.9 Å². The smallest absolute Gasteiger partial charge is 0.132 e. The van der Waals surface area contributed by atoms with Crippen LogP contribution in [0.15, 0.2) is 18.2 Å². The molecule has 0 amide bonds. The molecular weight excluding hydrogens is 274 g/mol. The standard InChI is InChI=1S/C15H21NO3S/c1-10-8-16(9-11(2)19-10)15(20)13-6-5-12(17-3)7-14(13)18-4/h5-7,10-11H,8-9H2,1-4H3. The number of nitrogens with zero attached hydrogens (tertiary/aromatic N) is 1. The fourth-order valence-electron chi connectivity index (χ4n) is 2.49. The molecule has 1 aliphatic heterocycles. The van der Waals surface area contributed by atoms with E-state index >= 15 is 0 Å². The minimum Gasteiger partial charge on any atom is -0.497 e. The van der Waals surface area contributed by atoms with Crippen LogP contribution in [-0.2, 0) is 4.74 Å². The first-order valence-electron chi connectivity index (χ1n) is 6.72. The summed E-state index contributed by atoms with van der Waals surface area (Å²) in [7, 11) is 3.28. The summed E-state index contributed by atoms with van der Waals surface area (Å²) in [5.74, 6) is 1.50. The van der Waals surface area contributed by atoms with Crippen LogP contribution in [0.25, 0.3) is 0 Å². The van der Waals surface area contributed by atoms with Crippen molar-refractivity contribution in [3.05, 3.63) is 23.8 Å². The summed E-state index contributed by atoms with van der Waals surface area (Å²) >= 11 is 5.63. The molecule has 1 saturated heterocycles. The monoisotopic (exact) mass is 295 g/mol. The van der Waals surface area contributed by atoms with E-state index in [9.17, 15) is 0 Å². The molecule has 2 rings (SSSR count). The quantitative estimate of drug-likeness (QED) is 0.800. The van der Waals surface area contributed by atoms with E-state index in [1.807, 2.05) is 18.2 Å². The SMILES string of the molecule is COc1ccc(C(=S)N2CC(C)OC(C)C2)c(OC)c1. The molecule has 0 spiro atoms. The predicted molar refractivity (Wildman–Crippen MR) is 82.8 cm³/mol. The molecule has 0 bridgehead atoms. The maximum absolute atomic E-state index is 5.74. The van der Waals surface area contributed by atoms with E-state index in [0.717, 1.165) is 35.1 Å². The first-order chi connectivity index (χ1) is 9.55. The normalized spacial score (nSPS) is 22.5. The summed E-state index contributed by atoms with van der Waals surface area (Å²) < 4.78 is 16.4. The highest BCUT2D eigenvalue weighted by molar-refractivity contribution is 7.80. The van der Waals surface area contributed by atoms with E-state index in [1.54, 1.807) is 14.2 Å². The Labute approximate surface area is 125 Å². The second-order valence-corrected chi connectivity index (χ2v) is 5.42. The van der Waals surface area contributed by atoms with Crippen LogP contribution >= 0.6 is 12.2 Å². The Morgan fingerprint density at radius 1 is 1.20 bits per heavy atom. The summed E-state index contributed by atoms with van der Waals surface area (Å²) in [6.45, 7) is 5.74. The molecular formula is C15H21NO3S. The minimum absolute atomic E-state index is 0.181. The van der Waals surface area contributed by atoms with Gasteiger partial charge in [-0.15, -0.1) is 0 Å². The third-order valence-corrected chi connectivity index (χ3v) is 3.82. The summed E-state index contributed by atoms with van der Waals surface area (Å²) in [4.78, 5) is 2.98. The molecule has 2 atom stereocenters. The van der Waals surface area contributed by atoms with Gasteiger partial charge in [-0.2, -0.15) is 0 Å². The van der Waals surface area contributed by atoms with Crippen LogP contribution in [0.4, 0.5) is 0 Å². The number of ether oxygens (including phenoxy) is 3. The van der Waals surface area contributed by atoms with Crippen LogP contribution in [0.3, 0.4) is 0 Å². The maximum atomic E-state index is 5.74. The van der Waals surface area contributed by atoms with Gasteiger partial charge < -0.3 is 19.1 Å². The lowest BCUT2D eigenvalue weighted by atomic mass is 10.1. The zero-order valence-corrected chi connectivity index (χ0v) is 13.2. The summed E-state index contributed by atoms with van der Waals surface area (Å²) in [5, 5.41) is 0. The van der Waals surface area contributed by atoms with Crippen molar-refractivity contribution in [1.29, 1.82) is 0 Å². The summed E-state index contributed by atoms with van der Waals surface area (Å²) in [6, 6.07) is 5.71. The lowest BCUT2D eigenvalue weighted by Crippen LogP contribution is -2.47. The van der Waals surface area contributed by atoms with Gasteiger partial charge in [-0.25, -0.2) is 0 Å². The molecule has 20 heavy (non-hydrogen) atoms. The van der Waals surface area contributed by atoms with Crippen LogP contribution in [0.5, 0.6) is 11.5 Å². The van der Waals surface area contributed by atoms with Crippen LogP contribution in [-0.4, -0.2) is 49.4 Å². The molecule has 110 valence electrons. The molecule has 1 fully saturated rings. The van der Waals surface area contributed by atoms with Crippen LogP contribution in [0, 0.1) is 0 Å². The Morgan fingerprint density at radius 3 is 2.40 bits per heavy atom. The molecule has 1 aliphatic rings. The Hall–Kier alpha value is -1.33. The van der Waals surface area contributed by atoms with Gasteiger partial charge in [0.15, 0.2) is 0 Å². The van der Waals surface area contributed by atoms with E-state index < -0.39 is 0 Å². The van der Waals surface area contributed by atoms with Gasteiger partial charge in [0.25, 0.3) is 0 Å². The molecule has 0 N–H and O–H groups in total. The summed E-state index contributed by atoms with van der Waals surface area (Å²) in [6.07, 6.45) is 0.363. The van der Waals surface area contributed by atoms with Gasteiger partial charge in [-0.05, 0) is 26.0 Å². The number of methoxy groups -OCH3 is 2. The van der Waals surface area contributed by atoms with Gasteiger partial charge in [0, 0.05) is 19.2 Å².